The zero-order chi connectivity index (χ0) is 18.5. The number of hydrogen-bond donors (Lipinski definition) is 0. The van der Waals surface area contributed by atoms with E-state index in [0.717, 1.165) is 22.8 Å². The summed E-state index contributed by atoms with van der Waals surface area (Å²) in [5.41, 5.74) is 2.26. The van der Waals surface area contributed by atoms with E-state index in [1.807, 2.05) is 55.5 Å². The third kappa shape index (κ3) is 3.83. The second-order valence-electron chi connectivity index (χ2n) is 6.13. The third-order valence-electron chi connectivity index (χ3n) is 4.28. The number of aryl methyl sites for hydroxylation is 1. The summed E-state index contributed by atoms with van der Waals surface area (Å²) in [7, 11) is 3.39. The number of ether oxygens (including phenoxy) is 1. The molecular weight excluding hydrogens is 328 g/mol. The predicted molar refractivity (Wildman–Crippen MR) is 99.8 cm³/mol. The lowest BCUT2D eigenvalue weighted by Gasteiger charge is -2.27. The fourth-order valence-electron chi connectivity index (χ4n) is 2.87. The molecule has 0 fully saturated rings. The van der Waals surface area contributed by atoms with Crippen molar-refractivity contribution in [2.45, 2.75) is 13.0 Å². The molecule has 0 aliphatic rings. The van der Waals surface area contributed by atoms with Gasteiger partial charge in [-0.25, -0.2) is 0 Å². The molecule has 0 saturated heterocycles. The maximum atomic E-state index is 13.0. The molecule has 5 nitrogen and oxygen atoms in total. The van der Waals surface area contributed by atoms with Crippen LogP contribution in [0.15, 0.2) is 65.2 Å². The van der Waals surface area contributed by atoms with Gasteiger partial charge in [0.15, 0.2) is 0 Å². The largest absolute Gasteiger partial charge is 0.461 e. The Bertz CT molecular complexity index is 874. The van der Waals surface area contributed by atoms with Gasteiger partial charge in [0, 0.05) is 31.5 Å². The average molecular weight is 350 g/mol. The molecule has 1 amide bonds. The zero-order valence-electron chi connectivity index (χ0n) is 15.2. The number of amides is 1. The molecule has 3 rings (SSSR count). The monoisotopic (exact) mass is 350 g/mol. The fraction of sp³-hybridized carbons (Fsp3) is 0.238. The van der Waals surface area contributed by atoms with Crippen molar-refractivity contribution in [3.8, 4) is 11.3 Å². The Labute approximate surface area is 153 Å². The Kier molecular flexibility index (Phi) is 5.49. The number of methoxy groups -OCH3 is 1. The molecule has 1 atom stereocenters. The summed E-state index contributed by atoms with van der Waals surface area (Å²) in [4.78, 5) is 19.1. The van der Waals surface area contributed by atoms with E-state index in [0.29, 0.717) is 12.2 Å². The quantitative estimate of drug-likeness (QED) is 0.671. The number of carbonyl (C=O) groups is 1. The number of carbonyl (C=O) groups excluding carboxylic acids is 1. The van der Waals surface area contributed by atoms with Crippen LogP contribution in [0.3, 0.4) is 0 Å². The van der Waals surface area contributed by atoms with E-state index in [4.69, 9.17) is 9.15 Å². The van der Waals surface area contributed by atoms with Gasteiger partial charge < -0.3 is 14.1 Å². The summed E-state index contributed by atoms with van der Waals surface area (Å²) >= 11 is 0. The molecule has 2 heterocycles. The Hall–Kier alpha value is -2.92. The molecule has 0 N–H and O–H groups in total. The predicted octanol–water partition coefficient (Wildman–Crippen LogP) is 4.11. The summed E-state index contributed by atoms with van der Waals surface area (Å²) in [6, 6.07) is 16.7. The third-order valence-corrected chi connectivity index (χ3v) is 4.28. The van der Waals surface area contributed by atoms with Crippen molar-refractivity contribution in [1.29, 1.82) is 0 Å². The number of rotatable bonds is 6. The van der Waals surface area contributed by atoms with Gasteiger partial charge in [-0.1, -0.05) is 18.2 Å². The van der Waals surface area contributed by atoms with Gasteiger partial charge in [0.1, 0.15) is 11.5 Å². The lowest BCUT2D eigenvalue weighted by atomic mass is 10.1. The van der Waals surface area contributed by atoms with E-state index in [1.54, 1.807) is 31.3 Å². The number of benzene rings is 1. The first-order valence-electron chi connectivity index (χ1n) is 8.44. The van der Waals surface area contributed by atoms with Crippen LogP contribution < -0.4 is 0 Å². The molecule has 0 aliphatic carbocycles. The normalized spacial score (nSPS) is 12.0. The van der Waals surface area contributed by atoms with Crippen LogP contribution in [0.25, 0.3) is 11.3 Å². The summed E-state index contributed by atoms with van der Waals surface area (Å²) < 4.78 is 11.0. The summed E-state index contributed by atoms with van der Waals surface area (Å²) in [5, 5.41) is 0. The van der Waals surface area contributed by atoms with Crippen molar-refractivity contribution in [2.75, 3.05) is 20.8 Å². The van der Waals surface area contributed by atoms with Crippen molar-refractivity contribution in [3.05, 3.63) is 77.8 Å². The van der Waals surface area contributed by atoms with E-state index < -0.39 is 0 Å². The van der Waals surface area contributed by atoms with Crippen LogP contribution in [0.4, 0.5) is 0 Å². The van der Waals surface area contributed by atoms with Crippen molar-refractivity contribution in [2.24, 2.45) is 0 Å². The van der Waals surface area contributed by atoms with Crippen molar-refractivity contribution in [1.82, 2.24) is 9.88 Å². The van der Waals surface area contributed by atoms with Crippen LogP contribution in [0, 0.1) is 6.92 Å². The van der Waals surface area contributed by atoms with E-state index in [9.17, 15) is 4.79 Å². The minimum Gasteiger partial charge on any atom is -0.461 e. The van der Waals surface area contributed by atoms with E-state index in [1.165, 1.54) is 0 Å². The van der Waals surface area contributed by atoms with Gasteiger partial charge in [-0.2, -0.15) is 0 Å². The lowest BCUT2D eigenvalue weighted by molar-refractivity contribution is 0.0595. The van der Waals surface area contributed by atoms with Crippen LogP contribution in [-0.2, 0) is 4.74 Å². The van der Waals surface area contributed by atoms with Gasteiger partial charge in [-0.05, 0) is 43.3 Å². The Morgan fingerprint density at radius 3 is 2.69 bits per heavy atom. The Morgan fingerprint density at radius 2 is 2.04 bits per heavy atom. The van der Waals surface area contributed by atoms with Crippen LogP contribution in [0.5, 0.6) is 0 Å². The Morgan fingerprint density at radius 1 is 1.19 bits per heavy atom. The van der Waals surface area contributed by atoms with Crippen molar-refractivity contribution < 1.29 is 13.9 Å². The average Bonchev–Trinajstić information content (AvgIpc) is 3.12. The molecule has 0 saturated carbocycles. The number of hydrogen-bond acceptors (Lipinski definition) is 4. The molecule has 1 aromatic carbocycles. The molecule has 2 aromatic heterocycles. The first kappa shape index (κ1) is 17.9. The number of nitrogens with zero attached hydrogens (tertiary/aromatic N) is 2. The fourth-order valence-corrected chi connectivity index (χ4v) is 2.87. The van der Waals surface area contributed by atoms with Crippen LogP contribution in [-0.4, -0.2) is 36.6 Å². The maximum absolute atomic E-state index is 13.0. The molecule has 0 aliphatic heterocycles. The number of pyridine rings is 1. The van der Waals surface area contributed by atoms with Gasteiger partial charge in [-0.15, -0.1) is 0 Å². The minimum atomic E-state index is -0.261. The number of aromatic nitrogens is 1. The lowest BCUT2D eigenvalue weighted by Crippen LogP contribution is -2.34. The Balaban J connectivity index is 1.87. The van der Waals surface area contributed by atoms with Gasteiger partial charge in [-0.3, -0.25) is 9.78 Å². The van der Waals surface area contributed by atoms with E-state index >= 15 is 0 Å². The van der Waals surface area contributed by atoms with Gasteiger partial charge in [0.25, 0.3) is 5.91 Å². The molecule has 26 heavy (non-hydrogen) atoms. The van der Waals surface area contributed by atoms with E-state index in [-0.39, 0.29) is 11.9 Å². The highest BCUT2D eigenvalue weighted by molar-refractivity contribution is 5.95. The van der Waals surface area contributed by atoms with Gasteiger partial charge >= 0.3 is 0 Å². The highest BCUT2D eigenvalue weighted by atomic mass is 16.5. The highest BCUT2D eigenvalue weighted by Gasteiger charge is 2.24. The summed E-state index contributed by atoms with van der Waals surface area (Å²) in [5.74, 6) is 1.49. The van der Waals surface area contributed by atoms with Crippen LogP contribution in [0.2, 0.25) is 0 Å². The first-order chi connectivity index (χ1) is 12.6. The maximum Gasteiger partial charge on any atom is 0.254 e. The number of furan rings is 1. The first-order valence-corrected chi connectivity index (χ1v) is 8.44. The molecular formula is C21H22N2O3. The second-order valence-corrected chi connectivity index (χ2v) is 6.13. The summed E-state index contributed by atoms with van der Waals surface area (Å²) in [6.07, 6.45) is 1.72. The molecule has 5 heteroatoms. The topological polar surface area (TPSA) is 55.6 Å². The zero-order valence-corrected chi connectivity index (χ0v) is 15.2. The van der Waals surface area contributed by atoms with Crippen LogP contribution >= 0.6 is 0 Å². The molecule has 0 bridgehead atoms. The summed E-state index contributed by atoms with van der Waals surface area (Å²) in [6.45, 7) is 2.27. The van der Waals surface area contributed by atoms with Crippen molar-refractivity contribution >= 4 is 5.91 Å². The molecule has 0 radical (unpaired) electrons. The van der Waals surface area contributed by atoms with E-state index in [2.05, 4.69) is 4.98 Å². The van der Waals surface area contributed by atoms with Crippen molar-refractivity contribution in [3.63, 3.8) is 0 Å². The highest BCUT2D eigenvalue weighted by Crippen LogP contribution is 2.25. The smallest absolute Gasteiger partial charge is 0.254 e. The SMILES string of the molecule is COC[C@H](c1ccccn1)N(C)C(=O)c1cccc(-c2ccc(C)o2)c1. The molecule has 0 spiro atoms. The minimum absolute atomic E-state index is 0.0946. The molecule has 134 valence electrons. The molecule has 0 unspecified atom stereocenters. The van der Waals surface area contributed by atoms with Crippen LogP contribution in [0.1, 0.15) is 27.9 Å². The standard InChI is InChI=1S/C21H22N2O3/c1-15-10-11-20(26-15)16-7-6-8-17(13-16)21(24)23(2)19(14-25-3)18-9-4-5-12-22-18/h4-13,19H,14H2,1-3H3/t19-/m1/s1. The molecule has 3 aromatic rings. The van der Waals surface area contributed by atoms with Gasteiger partial charge in [0.2, 0.25) is 0 Å². The van der Waals surface area contributed by atoms with Gasteiger partial charge in [0.05, 0.1) is 18.3 Å². The number of likely N-dealkylation sites (N-methyl/N-ethyl adjacent to an activating group) is 1. The second kappa shape index (κ2) is 7.97.